The number of rotatable bonds is 5. The summed E-state index contributed by atoms with van der Waals surface area (Å²) < 4.78 is 5.91. The van der Waals surface area contributed by atoms with E-state index in [4.69, 9.17) is 15.7 Å². The standard InChI is InChI=1S/C20H24N4O2/c1-5-16(22)19(25)24-14-7-9-18(23-12-14)26-17-8-6-13(11-21)10-15(17)20(2,3)4/h6-10,12,16H,5,22H2,1-4H3,(H,24,25)/t16-/m1/s1. The van der Waals surface area contributed by atoms with Crippen molar-refractivity contribution in [2.45, 2.75) is 45.6 Å². The van der Waals surface area contributed by atoms with E-state index in [1.165, 1.54) is 6.20 Å². The van der Waals surface area contributed by atoms with Gasteiger partial charge in [0.05, 0.1) is 29.6 Å². The molecule has 3 N–H and O–H groups in total. The minimum Gasteiger partial charge on any atom is -0.439 e. The molecule has 6 nitrogen and oxygen atoms in total. The van der Waals surface area contributed by atoms with Crippen LogP contribution in [0.5, 0.6) is 11.6 Å². The molecule has 0 aliphatic heterocycles. The van der Waals surface area contributed by atoms with Gasteiger partial charge in [0.2, 0.25) is 11.8 Å². The zero-order chi connectivity index (χ0) is 19.3. The monoisotopic (exact) mass is 352 g/mol. The van der Waals surface area contributed by atoms with Gasteiger partial charge in [0.1, 0.15) is 5.75 Å². The van der Waals surface area contributed by atoms with Crippen LogP contribution in [0.1, 0.15) is 45.2 Å². The van der Waals surface area contributed by atoms with E-state index in [0.717, 1.165) is 5.56 Å². The maximum absolute atomic E-state index is 11.8. The van der Waals surface area contributed by atoms with Crippen LogP contribution in [0.4, 0.5) is 5.69 Å². The molecule has 2 aromatic rings. The van der Waals surface area contributed by atoms with Crippen LogP contribution in [-0.2, 0) is 10.2 Å². The van der Waals surface area contributed by atoms with Crippen LogP contribution in [0.25, 0.3) is 0 Å². The summed E-state index contributed by atoms with van der Waals surface area (Å²) in [4.78, 5) is 16.0. The van der Waals surface area contributed by atoms with Crippen molar-refractivity contribution in [3.05, 3.63) is 47.7 Å². The van der Waals surface area contributed by atoms with Gasteiger partial charge in [-0.25, -0.2) is 4.98 Å². The Kier molecular flexibility index (Phi) is 5.96. The molecule has 2 rings (SSSR count). The molecule has 0 spiro atoms. The van der Waals surface area contributed by atoms with Gasteiger partial charge in [-0.05, 0) is 36.1 Å². The Bertz CT molecular complexity index is 817. The van der Waals surface area contributed by atoms with Gasteiger partial charge in [0, 0.05) is 11.6 Å². The Morgan fingerprint density at radius 1 is 1.35 bits per heavy atom. The number of ether oxygens (including phenoxy) is 1. The lowest BCUT2D eigenvalue weighted by Crippen LogP contribution is -2.34. The van der Waals surface area contributed by atoms with Crippen molar-refractivity contribution in [1.29, 1.82) is 5.26 Å². The largest absolute Gasteiger partial charge is 0.439 e. The first-order chi connectivity index (χ1) is 12.2. The summed E-state index contributed by atoms with van der Waals surface area (Å²) in [5, 5.41) is 11.8. The van der Waals surface area contributed by atoms with Gasteiger partial charge in [0.15, 0.2) is 0 Å². The highest BCUT2D eigenvalue weighted by atomic mass is 16.5. The first-order valence-corrected chi connectivity index (χ1v) is 8.49. The molecule has 1 aromatic carbocycles. The number of carbonyl (C=O) groups excluding carboxylic acids is 1. The second-order valence-corrected chi connectivity index (χ2v) is 7.06. The molecule has 0 radical (unpaired) electrons. The molecule has 6 heteroatoms. The smallest absolute Gasteiger partial charge is 0.241 e. The van der Waals surface area contributed by atoms with Crippen LogP contribution < -0.4 is 15.8 Å². The predicted octanol–water partition coefficient (Wildman–Crippen LogP) is 3.72. The lowest BCUT2D eigenvalue weighted by atomic mass is 9.85. The highest BCUT2D eigenvalue weighted by Gasteiger charge is 2.20. The molecule has 0 saturated heterocycles. The quantitative estimate of drug-likeness (QED) is 0.854. The third kappa shape index (κ3) is 4.80. The van der Waals surface area contributed by atoms with Crippen molar-refractivity contribution in [2.75, 3.05) is 5.32 Å². The van der Waals surface area contributed by atoms with Crippen molar-refractivity contribution < 1.29 is 9.53 Å². The van der Waals surface area contributed by atoms with Gasteiger partial charge in [-0.15, -0.1) is 0 Å². The van der Waals surface area contributed by atoms with E-state index in [1.807, 2.05) is 13.0 Å². The molecular weight excluding hydrogens is 328 g/mol. The average molecular weight is 352 g/mol. The summed E-state index contributed by atoms with van der Waals surface area (Å²) in [7, 11) is 0. The molecule has 1 amide bonds. The summed E-state index contributed by atoms with van der Waals surface area (Å²) in [5.74, 6) is 0.803. The van der Waals surface area contributed by atoms with E-state index < -0.39 is 6.04 Å². The van der Waals surface area contributed by atoms with Crippen LogP contribution in [0, 0.1) is 11.3 Å². The Hall–Kier alpha value is -2.91. The van der Waals surface area contributed by atoms with Gasteiger partial charge in [0.25, 0.3) is 0 Å². The second-order valence-electron chi connectivity index (χ2n) is 7.06. The maximum Gasteiger partial charge on any atom is 0.241 e. The lowest BCUT2D eigenvalue weighted by Gasteiger charge is -2.22. The number of carbonyl (C=O) groups is 1. The lowest BCUT2D eigenvalue weighted by molar-refractivity contribution is -0.117. The molecule has 136 valence electrons. The van der Waals surface area contributed by atoms with E-state index in [-0.39, 0.29) is 11.3 Å². The molecule has 0 unspecified atom stereocenters. The zero-order valence-corrected chi connectivity index (χ0v) is 15.5. The minimum absolute atomic E-state index is 0.188. The average Bonchev–Trinajstić information content (AvgIpc) is 2.62. The Balaban J connectivity index is 2.19. The van der Waals surface area contributed by atoms with Crippen molar-refractivity contribution in [2.24, 2.45) is 5.73 Å². The molecule has 0 aliphatic carbocycles. The Morgan fingerprint density at radius 3 is 2.62 bits per heavy atom. The van der Waals surface area contributed by atoms with Crippen molar-refractivity contribution in [3.8, 4) is 17.7 Å². The van der Waals surface area contributed by atoms with Gasteiger partial charge < -0.3 is 15.8 Å². The Morgan fingerprint density at radius 2 is 2.08 bits per heavy atom. The molecule has 26 heavy (non-hydrogen) atoms. The third-order valence-electron chi connectivity index (χ3n) is 3.91. The zero-order valence-electron chi connectivity index (χ0n) is 15.5. The fourth-order valence-electron chi connectivity index (χ4n) is 2.32. The van der Waals surface area contributed by atoms with E-state index in [2.05, 4.69) is 37.1 Å². The molecule has 1 atom stereocenters. The summed E-state index contributed by atoms with van der Waals surface area (Å²) in [6.45, 7) is 8.02. The number of pyridine rings is 1. The van der Waals surface area contributed by atoms with Crippen LogP contribution >= 0.6 is 0 Å². The van der Waals surface area contributed by atoms with E-state index in [9.17, 15) is 4.79 Å². The molecule has 0 fully saturated rings. The van der Waals surface area contributed by atoms with Gasteiger partial charge in [-0.3, -0.25) is 4.79 Å². The normalized spacial score (nSPS) is 12.2. The van der Waals surface area contributed by atoms with Crippen molar-refractivity contribution in [1.82, 2.24) is 4.98 Å². The number of nitriles is 1. The topological polar surface area (TPSA) is 101 Å². The number of anilines is 1. The minimum atomic E-state index is -0.543. The number of nitrogens with one attached hydrogen (secondary N) is 1. The van der Waals surface area contributed by atoms with E-state index >= 15 is 0 Å². The molecule has 0 saturated carbocycles. The molecule has 0 aliphatic rings. The van der Waals surface area contributed by atoms with Crippen LogP contribution in [0.3, 0.4) is 0 Å². The number of hydrogen-bond donors (Lipinski definition) is 2. The van der Waals surface area contributed by atoms with Crippen LogP contribution in [0.2, 0.25) is 0 Å². The van der Waals surface area contributed by atoms with Crippen LogP contribution in [0.15, 0.2) is 36.5 Å². The summed E-state index contributed by atoms with van der Waals surface area (Å²) >= 11 is 0. The summed E-state index contributed by atoms with van der Waals surface area (Å²) in [6.07, 6.45) is 2.09. The van der Waals surface area contributed by atoms with Gasteiger partial charge in [-0.2, -0.15) is 5.26 Å². The number of benzene rings is 1. The predicted molar refractivity (Wildman–Crippen MR) is 101 cm³/mol. The molecule has 1 heterocycles. The van der Waals surface area contributed by atoms with Crippen LogP contribution in [-0.4, -0.2) is 16.9 Å². The number of nitrogens with two attached hydrogens (primary N) is 1. The molecule has 0 bridgehead atoms. The van der Waals surface area contributed by atoms with Crippen molar-refractivity contribution in [3.63, 3.8) is 0 Å². The number of hydrogen-bond acceptors (Lipinski definition) is 5. The summed E-state index contributed by atoms with van der Waals surface area (Å²) in [5.41, 5.74) is 7.57. The maximum atomic E-state index is 11.8. The van der Waals surface area contributed by atoms with E-state index in [0.29, 0.717) is 29.3 Å². The van der Waals surface area contributed by atoms with Gasteiger partial charge >= 0.3 is 0 Å². The van der Waals surface area contributed by atoms with Crippen molar-refractivity contribution >= 4 is 11.6 Å². The number of nitrogens with zero attached hydrogens (tertiary/aromatic N) is 2. The first kappa shape index (κ1) is 19.4. The SMILES string of the molecule is CC[C@@H](N)C(=O)Nc1ccc(Oc2ccc(C#N)cc2C(C)(C)C)nc1. The fraction of sp³-hybridized carbons (Fsp3) is 0.350. The van der Waals surface area contributed by atoms with Gasteiger partial charge in [-0.1, -0.05) is 27.7 Å². The fourth-order valence-corrected chi connectivity index (χ4v) is 2.32. The molecule has 1 aromatic heterocycles. The highest BCUT2D eigenvalue weighted by Crippen LogP contribution is 2.34. The number of amides is 1. The number of aromatic nitrogens is 1. The third-order valence-corrected chi connectivity index (χ3v) is 3.91. The summed E-state index contributed by atoms with van der Waals surface area (Å²) in [6, 6.07) is 10.3. The van der Waals surface area contributed by atoms with E-state index in [1.54, 1.807) is 24.3 Å². The molecular formula is C20H24N4O2. The second kappa shape index (κ2) is 7.98. The first-order valence-electron chi connectivity index (χ1n) is 8.49. The Labute approximate surface area is 154 Å². The highest BCUT2D eigenvalue weighted by molar-refractivity contribution is 5.94.